The van der Waals surface area contributed by atoms with Crippen molar-refractivity contribution in [2.75, 3.05) is 4.72 Å². The first kappa shape index (κ1) is 14.0. The topological polar surface area (TPSA) is 46.2 Å². The van der Waals surface area contributed by atoms with Gasteiger partial charge in [-0.2, -0.15) is 12.6 Å². The third-order valence-electron chi connectivity index (χ3n) is 2.70. The number of sulfonamides is 1. The normalized spacial score (nSPS) is 12.9. The molecular formula is C14H15NO2S2. The molecular weight excluding hydrogens is 278 g/mol. The summed E-state index contributed by atoms with van der Waals surface area (Å²) in [6, 6.07) is 17.2. The fraction of sp³-hybridized carbons (Fsp3) is 0.143. The van der Waals surface area contributed by atoms with Crippen molar-refractivity contribution in [2.45, 2.75) is 11.5 Å². The molecule has 2 aromatic rings. The highest BCUT2D eigenvalue weighted by Crippen LogP contribution is 2.22. The van der Waals surface area contributed by atoms with Crippen LogP contribution in [0, 0.1) is 0 Å². The second kappa shape index (κ2) is 5.67. The van der Waals surface area contributed by atoms with Crippen LogP contribution in [0.2, 0.25) is 0 Å². The van der Waals surface area contributed by atoms with Crippen LogP contribution in [0.4, 0.5) is 5.69 Å². The van der Waals surface area contributed by atoms with Gasteiger partial charge in [-0.3, -0.25) is 4.72 Å². The molecule has 1 unspecified atom stereocenters. The maximum absolute atomic E-state index is 11.7. The number of thiol groups is 1. The lowest BCUT2D eigenvalue weighted by Gasteiger charge is -2.10. The van der Waals surface area contributed by atoms with E-state index >= 15 is 0 Å². The Morgan fingerprint density at radius 1 is 0.947 bits per heavy atom. The van der Waals surface area contributed by atoms with Crippen molar-refractivity contribution in [1.29, 1.82) is 0 Å². The number of anilines is 1. The molecule has 0 saturated heterocycles. The molecule has 0 aliphatic rings. The predicted molar refractivity (Wildman–Crippen MR) is 82.9 cm³/mol. The fourth-order valence-corrected chi connectivity index (χ4v) is 2.40. The number of hydrogen-bond acceptors (Lipinski definition) is 3. The minimum atomic E-state index is -3.41. The summed E-state index contributed by atoms with van der Waals surface area (Å²) in [7, 11) is -3.41. The van der Waals surface area contributed by atoms with Crippen molar-refractivity contribution in [3.63, 3.8) is 0 Å². The molecule has 0 aromatic heterocycles. The smallest absolute Gasteiger partial charge is 0.244 e. The number of benzene rings is 2. The molecule has 3 nitrogen and oxygen atoms in total. The number of rotatable bonds is 4. The lowest BCUT2D eigenvalue weighted by Crippen LogP contribution is -2.20. The summed E-state index contributed by atoms with van der Waals surface area (Å²) >= 11 is 3.94. The summed E-state index contributed by atoms with van der Waals surface area (Å²) < 4.78 is 25.1. The zero-order valence-electron chi connectivity index (χ0n) is 10.4. The molecule has 0 fully saturated rings. The van der Waals surface area contributed by atoms with E-state index < -0.39 is 14.6 Å². The van der Waals surface area contributed by atoms with E-state index in [4.69, 9.17) is 0 Å². The van der Waals surface area contributed by atoms with Gasteiger partial charge in [0.1, 0.15) is 4.58 Å². The average molecular weight is 293 g/mol. The summed E-state index contributed by atoms with van der Waals surface area (Å²) in [5.41, 5.74) is 2.68. The monoisotopic (exact) mass is 293 g/mol. The van der Waals surface area contributed by atoms with Gasteiger partial charge in [-0.05, 0) is 30.2 Å². The van der Waals surface area contributed by atoms with E-state index in [0.29, 0.717) is 5.69 Å². The Morgan fingerprint density at radius 3 is 2.00 bits per heavy atom. The van der Waals surface area contributed by atoms with Crippen LogP contribution in [-0.4, -0.2) is 13.0 Å². The molecule has 0 aliphatic carbocycles. The zero-order chi connectivity index (χ0) is 13.9. The Labute approximate surface area is 119 Å². The van der Waals surface area contributed by atoms with Gasteiger partial charge in [0.2, 0.25) is 10.0 Å². The summed E-state index contributed by atoms with van der Waals surface area (Å²) in [4.78, 5) is 0. The summed E-state index contributed by atoms with van der Waals surface area (Å²) in [6.45, 7) is 1.52. The first-order chi connectivity index (χ1) is 8.99. The van der Waals surface area contributed by atoms with Gasteiger partial charge in [0.05, 0.1) is 0 Å². The van der Waals surface area contributed by atoms with Gasteiger partial charge in [0.25, 0.3) is 0 Å². The molecule has 1 N–H and O–H groups in total. The maximum atomic E-state index is 11.7. The van der Waals surface area contributed by atoms with E-state index in [1.54, 1.807) is 12.1 Å². The van der Waals surface area contributed by atoms with Gasteiger partial charge in [-0.15, -0.1) is 0 Å². The Hall–Kier alpha value is -1.46. The van der Waals surface area contributed by atoms with E-state index in [1.807, 2.05) is 42.5 Å². The standard InChI is InChI=1S/C14H15NO2S2/c1-11(18)19(16,17)15-14-9-7-13(8-10-14)12-5-3-2-4-6-12/h2-11,15,18H,1H3. The van der Waals surface area contributed by atoms with E-state index in [9.17, 15) is 8.42 Å². The van der Waals surface area contributed by atoms with Gasteiger partial charge in [-0.1, -0.05) is 42.5 Å². The largest absolute Gasteiger partial charge is 0.283 e. The Morgan fingerprint density at radius 2 is 1.47 bits per heavy atom. The predicted octanol–water partition coefficient (Wildman–Crippen LogP) is 3.37. The van der Waals surface area contributed by atoms with Crippen molar-refractivity contribution in [2.24, 2.45) is 0 Å². The van der Waals surface area contributed by atoms with Crippen LogP contribution < -0.4 is 4.72 Å². The van der Waals surface area contributed by atoms with Crippen LogP contribution in [-0.2, 0) is 10.0 Å². The van der Waals surface area contributed by atoms with E-state index in [2.05, 4.69) is 17.4 Å². The van der Waals surface area contributed by atoms with Crippen molar-refractivity contribution in [3.05, 3.63) is 54.6 Å². The molecule has 2 aromatic carbocycles. The molecule has 0 heterocycles. The SMILES string of the molecule is CC(S)S(=O)(=O)Nc1ccc(-c2ccccc2)cc1. The molecule has 100 valence electrons. The highest BCUT2D eigenvalue weighted by Gasteiger charge is 2.16. The number of hydrogen-bond donors (Lipinski definition) is 2. The van der Waals surface area contributed by atoms with Crippen LogP contribution in [0.1, 0.15) is 6.92 Å². The Kier molecular flexibility index (Phi) is 4.17. The summed E-state index contributed by atoms with van der Waals surface area (Å²) in [5.74, 6) is 0. The maximum Gasteiger partial charge on any atom is 0.244 e. The number of nitrogens with one attached hydrogen (secondary N) is 1. The van der Waals surface area contributed by atoms with Gasteiger partial charge in [0, 0.05) is 5.69 Å². The Bertz CT molecular complexity index is 635. The lowest BCUT2D eigenvalue weighted by molar-refractivity contribution is 0.600. The molecule has 0 radical (unpaired) electrons. The minimum Gasteiger partial charge on any atom is -0.283 e. The molecule has 2 rings (SSSR count). The summed E-state index contributed by atoms with van der Waals surface area (Å²) in [6.07, 6.45) is 0. The van der Waals surface area contributed by atoms with Crippen LogP contribution in [0.3, 0.4) is 0 Å². The van der Waals surface area contributed by atoms with Crippen molar-refractivity contribution < 1.29 is 8.42 Å². The highest BCUT2D eigenvalue weighted by atomic mass is 32.3. The van der Waals surface area contributed by atoms with Crippen LogP contribution >= 0.6 is 12.6 Å². The van der Waals surface area contributed by atoms with Gasteiger partial charge < -0.3 is 0 Å². The van der Waals surface area contributed by atoms with E-state index in [-0.39, 0.29) is 0 Å². The van der Waals surface area contributed by atoms with E-state index in [1.165, 1.54) is 6.92 Å². The summed E-state index contributed by atoms with van der Waals surface area (Å²) in [5, 5.41) is 0. The van der Waals surface area contributed by atoms with Crippen LogP contribution in [0.5, 0.6) is 0 Å². The van der Waals surface area contributed by atoms with Crippen molar-refractivity contribution in [3.8, 4) is 11.1 Å². The first-order valence-corrected chi connectivity index (χ1v) is 7.90. The molecule has 0 spiro atoms. The highest BCUT2D eigenvalue weighted by molar-refractivity contribution is 8.05. The van der Waals surface area contributed by atoms with Gasteiger partial charge in [-0.25, -0.2) is 8.42 Å². The van der Waals surface area contributed by atoms with Crippen LogP contribution in [0.15, 0.2) is 54.6 Å². The van der Waals surface area contributed by atoms with E-state index in [0.717, 1.165) is 11.1 Å². The first-order valence-electron chi connectivity index (χ1n) is 5.84. The third kappa shape index (κ3) is 3.52. The third-order valence-corrected chi connectivity index (χ3v) is 4.95. The zero-order valence-corrected chi connectivity index (χ0v) is 12.2. The second-order valence-electron chi connectivity index (χ2n) is 4.19. The van der Waals surface area contributed by atoms with Crippen molar-refractivity contribution in [1.82, 2.24) is 0 Å². The van der Waals surface area contributed by atoms with Gasteiger partial charge >= 0.3 is 0 Å². The minimum absolute atomic E-state index is 0.542. The molecule has 0 saturated carbocycles. The quantitative estimate of drug-likeness (QED) is 0.849. The van der Waals surface area contributed by atoms with Crippen molar-refractivity contribution >= 4 is 28.3 Å². The molecule has 1 atom stereocenters. The average Bonchev–Trinajstić information content (AvgIpc) is 2.40. The molecule has 19 heavy (non-hydrogen) atoms. The van der Waals surface area contributed by atoms with Crippen LogP contribution in [0.25, 0.3) is 11.1 Å². The molecule has 0 bridgehead atoms. The molecule has 5 heteroatoms. The molecule has 0 aliphatic heterocycles. The second-order valence-corrected chi connectivity index (χ2v) is 7.31. The Balaban J connectivity index is 2.21. The fourth-order valence-electron chi connectivity index (χ4n) is 1.61. The molecule has 0 amide bonds. The van der Waals surface area contributed by atoms with Gasteiger partial charge in [0.15, 0.2) is 0 Å². The lowest BCUT2D eigenvalue weighted by atomic mass is 10.1.